The van der Waals surface area contributed by atoms with E-state index in [9.17, 15) is 9.18 Å². The number of halogens is 1. The maximum atomic E-state index is 12.9. The van der Waals surface area contributed by atoms with E-state index in [2.05, 4.69) is 24.1 Å². The van der Waals surface area contributed by atoms with Gasteiger partial charge in [-0.2, -0.15) is 0 Å². The molecule has 2 aromatic rings. The van der Waals surface area contributed by atoms with Crippen LogP contribution in [0.25, 0.3) is 0 Å². The fourth-order valence-corrected chi connectivity index (χ4v) is 2.32. The zero-order valence-corrected chi connectivity index (χ0v) is 14.1. The van der Waals surface area contributed by atoms with Crippen LogP contribution in [0.1, 0.15) is 24.2 Å². The maximum Gasteiger partial charge on any atom is 0.255 e. The Balaban J connectivity index is 2.00. The van der Waals surface area contributed by atoms with E-state index in [0.717, 1.165) is 19.6 Å². The number of anilines is 1. The molecule has 0 radical (unpaired) electrons. The fourth-order valence-electron chi connectivity index (χ4n) is 2.32. The number of carbonyl (C=O) groups excluding carboxylic acids is 1. The second-order valence-electron chi connectivity index (χ2n) is 5.33. The third kappa shape index (κ3) is 5.06. The Kier molecular flexibility index (Phi) is 6.75. The predicted octanol–water partition coefficient (Wildman–Crippen LogP) is 3.80. The summed E-state index contributed by atoms with van der Waals surface area (Å²) in [5, 5.41) is 2.81. The molecule has 128 valence electrons. The van der Waals surface area contributed by atoms with Crippen molar-refractivity contribution in [2.45, 2.75) is 13.8 Å². The van der Waals surface area contributed by atoms with Gasteiger partial charge in [0.15, 0.2) is 0 Å². The number of rotatable bonds is 8. The number of amides is 1. The highest BCUT2D eigenvalue weighted by atomic mass is 19.1. The lowest BCUT2D eigenvalue weighted by molar-refractivity contribution is 0.102. The molecule has 2 aromatic carbocycles. The van der Waals surface area contributed by atoms with E-state index < -0.39 is 0 Å². The zero-order valence-electron chi connectivity index (χ0n) is 14.1. The summed E-state index contributed by atoms with van der Waals surface area (Å²) in [5.41, 5.74) is 1.00. The summed E-state index contributed by atoms with van der Waals surface area (Å²) in [4.78, 5) is 14.5. The first-order valence-electron chi connectivity index (χ1n) is 8.15. The lowest BCUT2D eigenvalue weighted by atomic mass is 10.2. The van der Waals surface area contributed by atoms with Crippen molar-refractivity contribution in [3.8, 4) is 5.75 Å². The molecule has 1 amide bonds. The monoisotopic (exact) mass is 330 g/mol. The number of hydrogen-bond acceptors (Lipinski definition) is 3. The Morgan fingerprint density at radius 2 is 1.75 bits per heavy atom. The standard InChI is InChI=1S/C19H23FN2O2/c1-3-22(4-2)13-14-24-18-8-6-5-7-17(18)21-19(23)15-9-11-16(20)12-10-15/h5-12H,3-4,13-14H2,1-2H3,(H,21,23). The Hall–Kier alpha value is -2.40. The van der Waals surface area contributed by atoms with Crippen LogP contribution in [0.2, 0.25) is 0 Å². The number of carbonyl (C=O) groups is 1. The Morgan fingerprint density at radius 1 is 1.08 bits per heavy atom. The third-order valence-corrected chi connectivity index (χ3v) is 3.80. The van der Waals surface area contributed by atoms with E-state index in [0.29, 0.717) is 23.6 Å². The lowest BCUT2D eigenvalue weighted by Crippen LogP contribution is -2.28. The van der Waals surface area contributed by atoms with Gasteiger partial charge in [0.1, 0.15) is 18.2 Å². The number of para-hydroxylation sites is 2. The number of ether oxygens (including phenoxy) is 1. The normalized spacial score (nSPS) is 10.7. The molecule has 0 aliphatic heterocycles. The molecule has 0 saturated carbocycles. The molecule has 0 atom stereocenters. The average Bonchev–Trinajstić information content (AvgIpc) is 2.60. The highest BCUT2D eigenvalue weighted by Gasteiger charge is 2.10. The zero-order chi connectivity index (χ0) is 17.4. The van der Waals surface area contributed by atoms with Crippen molar-refractivity contribution in [2.75, 3.05) is 31.6 Å². The minimum absolute atomic E-state index is 0.296. The second-order valence-corrected chi connectivity index (χ2v) is 5.33. The van der Waals surface area contributed by atoms with Crippen molar-refractivity contribution in [3.05, 3.63) is 59.9 Å². The van der Waals surface area contributed by atoms with Gasteiger partial charge in [0.25, 0.3) is 5.91 Å². The SMILES string of the molecule is CCN(CC)CCOc1ccccc1NC(=O)c1ccc(F)cc1. The van der Waals surface area contributed by atoms with Crippen LogP contribution in [-0.2, 0) is 0 Å². The van der Waals surface area contributed by atoms with Crippen LogP contribution in [-0.4, -0.2) is 37.0 Å². The molecule has 1 N–H and O–H groups in total. The quantitative estimate of drug-likeness (QED) is 0.800. The minimum atomic E-state index is -0.369. The molecule has 0 fully saturated rings. The number of nitrogens with zero attached hydrogens (tertiary/aromatic N) is 1. The highest BCUT2D eigenvalue weighted by Crippen LogP contribution is 2.24. The summed E-state index contributed by atoms with van der Waals surface area (Å²) in [7, 11) is 0. The topological polar surface area (TPSA) is 41.6 Å². The summed E-state index contributed by atoms with van der Waals surface area (Å²) < 4.78 is 18.8. The van der Waals surface area contributed by atoms with Crippen molar-refractivity contribution in [1.82, 2.24) is 4.90 Å². The third-order valence-electron chi connectivity index (χ3n) is 3.80. The van der Waals surface area contributed by atoms with Gasteiger partial charge in [-0.1, -0.05) is 26.0 Å². The molecular formula is C19H23FN2O2. The Labute approximate surface area is 142 Å². The molecule has 0 aromatic heterocycles. The molecule has 0 saturated heterocycles. The molecule has 0 bridgehead atoms. The summed E-state index contributed by atoms with van der Waals surface area (Å²) in [5.74, 6) is -0.0402. The van der Waals surface area contributed by atoms with Gasteiger partial charge in [0.05, 0.1) is 5.69 Å². The van der Waals surface area contributed by atoms with Crippen LogP contribution >= 0.6 is 0 Å². The van der Waals surface area contributed by atoms with E-state index in [1.165, 1.54) is 24.3 Å². The molecular weight excluding hydrogens is 307 g/mol. The Morgan fingerprint density at radius 3 is 2.42 bits per heavy atom. The van der Waals surface area contributed by atoms with Gasteiger partial charge in [-0.25, -0.2) is 4.39 Å². The van der Waals surface area contributed by atoms with Gasteiger partial charge in [0, 0.05) is 12.1 Å². The minimum Gasteiger partial charge on any atom is -0.490 e. The van der Waals surface area contributed by atoms with E-state index >= 15 is 0 Å². The largest absolute Gasteiger partial charge is 0.490 e. The number of likely N-dealkylation sites (N-methyl/N-ethyl adjacent to an activating group) is 1. The van der Waals surface area contributed by atoms with Crippen LogP contribution in [0, 0.1) is 5.82 Å². The van der Waals surface area contributed by atoms with Gasteiger partial charge in [-0.3, -0.25) is 4.79 Å². The van der Waals surface area contributed by atoms with Crippen molar-refractivity contribution >= 4 is 11.6 Å². The first kappa shape index (κ1) is 17.9. The molecule has 0 spiro atoms. The summed E-state index contributed by atoms with van der Waals surface area (Å²) in [6.07, 6.45) is 0. The fraction of sp³-hybridized carbons (Fsp3) is 0.316. The van der Waals surface area contributed by atoms with Gasteiger partial charge in [-0.05, 0) is 49.5 Å². The molecule has 0 aliphatic rings. The highest BCUT2D eigenvalue weighted by molar-refractivity contribution is 6.04. The van der Waals surface area contributed by atoms with E-state index in [1.807, 2.05) is 18.2 Å². The first-order valence-corrected chi connectivity index (χ1v) is 8.15. The van der Waals surface area contributed by atoms with Gasteiger partial charge in [-0.15, -0.1) is 0 Å². The number of hydrogen-bond donors (Lipinski definition) is 1. The molecule has 5 heteroatoms. The molecule has 0 unspecified atom stereocenters. The predicted molar refractivity (Wildman–Crippen MR) is 94.1 cm³/mol. The van der Waals surface area contributed by atoms with Crippen molar-refractivity contribution in [2.24, 2.45) is 0 Å². The second kappa shape index (κ2) is 9.03. The molecule has 0 heterocycles. The molecule has 0 aliphatic carbocycles. The van der Waals surface area contributed by atoms with E-state index in [1.54, 1.807) is 6.07 Å². The van der Waals surface area contributed by atoms with Gasteiger partial charge < -0.3 is 15.0 Å². The van der Waals surface area contributed by atoms with Crippen molar-refractivity contribution in [3.63, 3.8) is 0 Å². The van der Waals surface area contributed by atoms with Gasteiger partial charge in [0.2, 0.25) is 0 Å². The summed E-state index contributed by atoms with van der Waals surface area (Å²) >= 11 is 0. The van der Waals surface area contributed by atoms with E-state index in [4.69, 9.17) is 4.74 Å². The maximum absolute atomic E-state index is 12.9. The molecule has 2 rings (SSSR count). The lowest BCUT2D eigenvalue weighted by Gasteiger charge is -2.19. The van der Waals surface area contributed by atoms with Crippen LogP contribution in [0.3, 0.4) is 0 Å². The Bertz CT molecular complexity index is 655. The first-order chi connectivity index (χ1) is 11.6. The average molecular weight is 330 g/mol. The summed E-state index contributed by atoms with van der Waals surface area (Å²) in [6.45, 7) is 7.55. The smallest absolute Gasteiger partial charge is 0.255 e. The number of nitrogens with one attached hydrogen (secondary N) is 1. The molecule has 24 heavy (non-hydrogen) atoms. The van der Waals surface area contributed by atoms with Gasteiger partial charge >= 0.3 is 0 Å². The van der Waals surface area contributed by atoms with Crippen molar-refractivity contribution in [1.29, 1.82) is 0 Å². The van der Waals surface area contributed by atoms with Crippen LogP contribution in [0.15, 0.2) is 48.5 Å². The van der Waals surface area contributed by atoms with Crippen molar-refractivity contribution < 1.29 is 13.9 Å². The van der Waals surface area contributed by atoms with Crippen LogP contribution in [0.5, 0.6) is 5.75 Å². The van der Waals surface area contributed by atoms with Crippen LogP contribution < -0.4 is 10.1 Å². The van der Waals surface area contributed by atoms with E-state index in [-0.39, 0.29) is 11.7 Å². The number of benzene rings is 2. The van der Waals surface area contributed by atoms with Crippen LogP contribution in [0.4, 0.5) is 10.1 Å². The summed E-state index contributed by atoms with van der Waals surface area (Å²) in [6, 6.07) is 12.7. The molecule has 4 nitrogen and oxygen atoms in total.